The minimum atomic E-state index is -0.747. The van der Waals surface area contributed by atoms with Gasteiger partial charge in [-0.15, -0.1) is 0 Å². The van der Waals surface area contributed by atoms with Crippen LogP contribution in [0.4, 0.5) is 0 Å². The lowest BCUT2D eigenvalue weighted by Gasteiger charge is -2.39. The average molecular weight is 261 g/mol. The fourth-order valence-corrected chi connectivity index (χ4v) is 3.00. The van der Waals surface area contributed by atoms with E-state index in [9.17, 15) is 4.79 Å². The Kier molecular flexibility index (Phi) is 3.19. The first-order chi connectivity index (χ1) is 9.16. The van der Waals surface area contributed by atoms with Crippen molar-refractivity contribution in [3.05, 3.63) is 29.8 Å². The van der Waals surface area contributed by atoms with E-state index in [4.69, 9.17) is 9.84 Å². The first kappa shape index (κ1) is 12.5. The van der Waals surface area contributed by atoms with Crippen molar-refractivity contribution in [2.75, 3.05) is 13.2 Å². The molecule has 4 heteroatoms. The number of nitrogens with zero attached hydrogens (tertiary/aromatic N) is 1. The van der Waals surface area contributed by atoms with E-state index < -0.39 is 5.97 Å². The third-order valence-electron chi connectivity index (χ3n) is 3.97. The van der Waals surface area contributed by atoms with E-state index in [1.165, 1.54) is 0 Å². The number of hydrogen-bond donors (Lipinski definition) is 1. The smallest absolute Gasteiger partial charge is 0.317 e. The fraction of sp³-hybridized carbons (Fsp3) is 0.533. The number of hydrogen-bond acceptors (Lipinski definition) is 3. The van der Waals surface area contributed by atoms with Crippen LogP contribution in [0.15, 0.2) is 24.3 Å². The van der Waals surface area contributed by atoms with Gasteiger partial charge in [0.25, 0.3) is 0 Å². The van der Waals surface area contributed by atoms with Gasteiger partial charge in [0, 0.05) is 23.6 Å². The highest BCUT2D eigenvalue weighted by atomic mass is 16.5. The number of carbonyl (C=O) groups is 1. The van der Waals surface area contributed by atoms with Crippen molar-refractivity contribution < 1.29 is 14.6 Å². The number of aliphatic carboxylic acids is 1. The lowest BCUT2D eigenvalue weighted by molar-refractivity contribution is -0.139. The second-order valence-electron chi connectivity index (χ2n) is 5.57. The SMILES string of the molecule is CC1COc2ccccc2C1N(CC(=O)O)C1CC1. The average Bonchev–Trinajstić information content (AvgIpc) is 3.20. The Hall–Kier alpha value is -1.55. The van der Waals surface area contributed by atoms with Gasteiger partial charge >= 0.3 is 5.97 Å². The summed E-state index contributed by atoms with van der Waals surface area (Å²) in [5.74, 6) is 0.472. The summed E-state index contributed by atoms with van der Waals surface area (Å²) in [6.07, 6.45) is 2.22. The summed E-state index contributed by atoms with van der Waals surface area (Å²) in [7, 11) is 0. The van der Waals surface area contributed by atoms with Crippen molar-refractivity contribution >= 4 is 5.97 Å². The molecule has 3 rings (SSSR count). The largest absolute Gasteiger partial charge is 0.493 e. The summed E-state index contributed by atoms with van der Waals surface area (Å²) < 4.78 is 5.75. The second-order valence-corrected chi connectivity index (χ2v) is 5.57. The van der Waals surface area contributed by atoms with Crippen LogP contribution in [-0.2, 0) is 4.79 Å². The van der Waals surface area contributed by atoms with Gasteiger partial charge in [0.2, 0.25) is 0 Å². The van der Waals surface area contributed by atoms with E-state index in [1.807, 2.05) is 18.2 Å². The number of carboxylic acids is 1. The molecule has 1 aliphatic carbocycles. The van der Waals surface area contributed by atoms with Crippen molar-refractivity contribution in [2.45, 2.75) is 31.8 Å². The topological polar surface area (TPSA) is 49.8 Å². The molecule has 0 saturated heterocycles. The van der Waals surface area contributed by atoms with Gasteiger partial charge in [0.15, 0.2) is 0 Å². The standard InChI is InChI=1S/C15H19NO3/c1-10-9-19-13-5-3-2-4-12(13)15(10)16(8-14(17)18)11-6-7-11/h2-5,10-11,15H,6-9H2,1H3,(H,17,18). The zero-order valence-corrected chi connectivity index (χ0v) is 11.1. The van der Waals surface area contributed by atoms with E-state index in [1.54, 1.807) is 0 Å². The molecule has 2 atom stereocenters. The second kappa shape index (κ2) is 4.85. The van der Waals surface area contributed by atoms with Crippen LogP contribution < -0.4 is 4.74 Å². The fourth-order valence-electron chi connectivity index (χ4n) is 3.00. The highest BCUT2D eigenvalue weighted by Crippen LogP contribution is 2.43. The third kappa shape index (κ3) is 2.45. The lowest BCUT2D eigenvalue weighted by atomic mass is 9.90. The predicted octanol–water partition coefficient (Wildman–Crippen LogP) is 2.31. The number of benzene rings is 1. The van der Waals surface area contributed by atoms with Gasteiger partial charge in [-0.25, -0.2) is 0 Å². The van der Waals surface area contributed by atoms with Crippen LogP contribution in [0.3, 0.4) is 0 Å². The molecule has 1 aromatic rings. The molecule has 0 amide bonds. The zero-order chi connectivity index (χ0) is 13.4. The Morgan fingerprint density at radius 2 is 2.16 bits per heavy atom. The number of fused-ring (bicyclic) bond motifs is 1. The van der Waals surface area contributed by atoms with Crippen molar-refractivity contribution in [1.82, 2.24) is 4.90 Å². The number of rotatable bonds is 4. The maximum Gasteiger partial charge on any atom is 0.317 e. The molecule has 4 nitrogen and oxygen atoms in total. The van der Waals surface area contributed by atoms with Crippen molar-refractivity contribution in [3.8, 4) is 5.75 Å². The minimum Gasteiger partial charge on any atom is -0.493 e. The monoisotopic (exact) mass is 261 g/mol. The van der Waals surface area contributed by atoms with Gasteiger partial charge < -0.3 is 9.84 Å². The molecule has 19 heavy (non-hydrogen) atoms. The molecule has 0 spiro atoms. The predicted molar refractivity (Wildman–Crippen MR) is 71.2 cm³/mol. The Morgan fingerprint density at radius 1 is 1.42 bits per heavy atom. The molecular formula is C15H19NO3. The van der Waals surface area contributed by atoms with Gasteiger partial charge in [-0.1, -0.05) is 25.1 Å². The molecule has 1 fully saturated rings. The summed E-state index contributed by atoms with van der Waals surface area (Å²) in [6, 6.07) is 8.58. The highest BCUT2D eigenvalue weighted by molar-refractivity contribution is 5.69. The molecule has 102 valence electrons. The van der Waals surface area contributed by atoms with Crippen LogP contribution in [0.1, 0.15) is 31.4 Å². The molecule has 1 saturated carbocycles. The molecule has 1 aliphatic heterocycles. The molecule has 1 N–H and O–H groups in total. The normalized spacial score (nSPS) is 25.8. The maximum absolute atomic E-state index is 11.1. The third-order valence-corrected chi connectivity index (χ3v) is 3.97. The van der Waals surface area contributed by atoms with E-state index >= 15 is 0 Å². The van der Waals surface area contributed by atoms with E-state index in [0.29, 0.717) is 18.6 Å². The number of carboxylic acid groups (broad SMARTS) is 1. The summed E-state index contributed by atoms with van der Waals surface area (Å²) >= 11 is 0. The van der Waals surface area contributed by atoms with E-state index in [2.05, 4.69) is 17.9 Å². The quantitative estimate of drug-likeness (QED) is 0.903. The molecule has 1 heterocycles. The maximum atomic E-state index is 11.1. The van der Waals surface area contributed by atoms with Gasteiger partial charge in [-0.3, -0.25) is 9.69 Å². The van der Waals surface area contributed by atoms with Gasteiger partial charge in [0.1, 0.15) is 5.75 Å². The summed E-state index contributed by atoms with van der Waals surface area (Å²) in [5.41, 5.74) is 1.13. The van der Waals surface area contributed by atoms with Crippen LogP contribution in [0.2, 0.25) is 0 Å². The lowest BCUT2D eigenvalue weighted by Crippen LogP contribution is -2.41. The van der Waals surface area contributed by atoms with Gasteiger partial charge in [0.05, 0.1) is 13.2 Å². The summed E-state index contributed by atoms with van der Waals surface area (Å²) in [5, 5.41) is 9.15. The molecule has 0 radical (unpaired) electrons. The van der Waals surface area contributed by atoms with Crippen molar-refractivity contribution in [2.24, 2.45) is 5.92 Å². The molecule has 2 aliphatic rings. The highest BCUT2D eigenvalue weighted by Gasteiger charge is 2.40. The summed E-state index contributed by atoms with van der Waals surface area (Å²) in [6.45, 7) is 2.91. The summed E-state index contributed by atoms with van der Waals surface area (Å²) in [4.78, 5) is 13.3. The molecule has 2 unspecified atom stereocenters. The zero-order valence-electron chi connectivity index (χ0n) is 11.1. The van der Waals surface area contributed by atoms with Crippen molar-refractivity contribution in [3.63, 3.8) is 0 Å². The Morgan fingerprint density at radius 3 is 2.84 bits per heavy atom. The Labute approximate surface area is 113 Å². The first-order valence-electron chi connectivity index (χ1n) is 6.86. The van der Waals surface area contributed by atoms with E-state index in [-0.39, 0.29) is 12.6 Å². The van der Waals surface area contributed by atoms with Crippen LogP contribution in [-0.4, -0.2) is 35.2 Å². The molecule has 0 aromatic heterocycles. The molecule has 1 aromatic carbocycles. The van der Waals surface area contributed by atoms with Gasteiger partial charge in [-0.05, 0) is 18.9 Å². The van der Waals surface area contributed by atoms with Crippen LogP contribution in [0.25, 0.3) is 0 Å². The Balaban J connectivity index is 1.94. The molecule has 0 bridgehead atoms. The first-order valence-corrected chi connectivity index (χ1v) is 6.86. The minimum absolute atomic E-state index is 0.119. The number of para-hydroxylation sites is 1. The van der Waals surface area contributed by atoms with Crippen LogP contribution >= 0.6 is 0 Å². The van der Waals surface area contributed by atoms with Gasteiger partial charge in [-0.2, -0.15) is 0 Å². The van der Waals surface area contributed by atoms with Crippen molar-refractivity contribution in [1.29, 1.82) is 0 Å². The Bertz CT molecular complexity index is 484. The molecular weight excluding hydrogens is 242 g/mol. The van der Waals surface area contributed by atoms with E-state index in [0.717, 1.165) is 24.2 Å². The number of ether oxygens (including phenoxy) is 1. The van der Waals surface area contributed by atoms with Crippen LogP contribution in [0, 0.1) is 5.92 Å². The van der Waals surface area contributed by atoms with Crippen LogP contribution in [0.5, 0.6) is 5.75 Å².